The summed E-state index contributed by atoms with van der Waals surface area (Å²) in [5, 5.41) is 19.6. The van der Waals surface area contributed by atoms with Crippen molar-refractivity contribution in [3.8, 4) is 6.07 Å². The summed E-state index contributed by atoms with van der Waals surface area (Å²) < 4.78 is 38.8. The number of nitrogens with zero attached hydrogens (tertiary/aromatic N) is 3. The van der Waals surface area contributed by atoms with E-state index in [9.17, 15) is 18.0 Å². The third-order valence-electron chi connectivity index (χ3n) is 3.04. The first-order valence-corrected chi connectivity index (χ1v) is 5.80. The molecule has 2 rings (SSSR count). The Morgan fingerprint density at radius 1 is 1.43 bits per heavy atom. The summed E-state index contributed by atoms with van der Waals surface area (Å²) in [7, 11) is 1.14. The Morgan fingerprint density at radius 3 is 2.62 bits per heavy atom. The Labute approximate surface area is 118 Å². The highest BCUT2D eigenvalue weighted by molar-refractivity contribution is 5.92. The smallest absolute Gasteiger partial charge is 0.409 e. The monoisotopic (exact) mass is 297 g/mol. The number of carbonyl (C=O) groups is 1. The molecule has 0 aromatic heterocycles. The molecule has 0 fully saturated rings. The van der Waals surface area contributed by atoms with Crippen LogP contribution in [0.5, 0.6) is 0 Å². The first kappa shape index (κ1) is 14.9. The number of anilines is 1. The van der Waals surface area contributed by atoms with E-state index < -0.39 is 23.9 Å². The Morgan fingerprint density at radius 2 is 2.10 bits per heavy atom. The number of rotatable bonds is 2. The number of hydrazine groups is 1. The zero-order chi connectivity index (χ0) is 15.8. The number of alkyl halides is 3. The van der Waals surface area contributed by atoms with Gasteiger partial charge in [0.1, 0.15) is 11.7 Å². The molecule has 110 valence electrons. The van der Waals surface area contributed by atoms with Crippen LogP contribution in [0.3, 0.4) is 0 Å². The molecule has 1 unspecified atom stereocenters. The molecular weight excluding hydrogens is 287 g/mol. The minimum Gasteiger partial charge on any atom is -0.477 e. The van der Waals surface area contributed by atoms with E-state index in [2.05, 4.69) is 0 Å². The van der Waals surface area contributed by atoms with Gasteiger partial charge in [-0.2, -0.15) is 18.4 Å². The van der Waals surface area contributed by atoms with Gasteiger partial charge in [-0.25, -0.2) is 9.80 Å². The molecule has 5 nitrogen and oxygen atoms in total. The van der Waals surface area contributed by atoms with E-state index in [0.29, 0.717) is 6.08 Å². The minimum absolute atomic E-state index is 0.178. The second-order valence-corrected chi connectivity index (χ2v) is 4.39. The van der Waals surface area contributed by atoms with Crippen molar-refractivity contribution in [2.75, 3.05) is 12.1 Å². The van der Waals surface area contributed by atoms with Crippen LogP contribution in [0.15, 0.2) is 36.0 Å². The zero-order valence-electron chi connectivity index (χ0n) is 10.8. The quantitative estimate of drug-likeness (QED) is 0.905. The molecule has 1 aromatic carbocycles. The number of nitriles is 1. The van der Waals surface area contributed by atoms with Gasteiger partial charge in [-0.15, -0.1) is 0 Å². The molecule has 0 radical (unpaired) electrons. The highest BCUT2D eigenvalue weighted by Crippen LogP contribution is 2.36. The molecule has 21 heavy (non-hydrogen) atoms. The van der Waals surface area contributed by atoms with Gasteiger partial charge in [0, 0.05) is 7.05 Å². The molecule has 1 heterocycles. The Kier molecular flexibility index (Phi) is 3.61. The average molecular weight is 297 g/mol. The predicted molar refractivity (Wildman–Crippen MR) is 67.0 cm³/mol. The fourth-order valence-corrected chi connectivity index (χ4v) is 2.12. The fourth-order valence-electron chi connectivity index (χ4n) is 2.12. The number of benzene rings is 1. The number of aliphatic carboxylic acids is 1. The predicted octanol–water partition coefficient (Wildman–Crippen LogP) is 2.12. The van der Waals surface area contributed by atoms with Crippen LogP contribution in [0.2, 0.25) is 0 Å². The fraction of sp³-hybridized carbons (Fsp3) is 0.231. The summed E-state index contributed by atoms with van der Waals surface area (Å²) >= 11 is 0. The minimum atomic E-state index is -4.60. The van der Waals surface area contributed by atoms with Crippen molar-refractivity contribution in [3.05, 3.63) is 41.6 Å². The van der Waals surface area contributed by atoms with Crippen LogP contribution < -0.4 is 5.01 Å². The van der Waals surface area contributed by atoms with E-state index >= 15 is 0 Å². The van der Waals surface area contributed by atoms with Crippen LogP contribution in [0.4, 0.5) is 18.9 Å². The average Bonchev–Trinajstić information content (AvgIpc) is 2.76. The number of carboxylic acid groups (broad SMARTS) is 1. The van der Waals surface area contributed by atoms with Crippen LogP contribution in [0.25, 0.3) is 0 Å². The maximum Gasteiger partial charge on any atom is 0.409 e. The van der Waals surface area contributed by atoms with Crippen molar-refractivity contribution in [1.29, 1.82) is 5.26 Å². The van der Waals surface area contributed by atoms with Gasteiger partial charge < -0.3 is 5.11 Å². The first-order chi connectivity index (χ1) is 9.75. The highest BCUT2D eigenvalue weighted by atomic mass is 19.4. The zero-order valence-corrected chi connectivity index (χ0v) is 10.8. The molecular formula is C13H10F3N3O2. The second-order valence-electron chi connectivity index (χ2n) is 4.39. The molecule has 8 heteroatoms. The molecule has 1 aromatic rings. The normalized spacial score (nSPS) is 19.3. The van der Waals surface area contributed by atoms with Crippen molar-refractivity contribution in [1.82, 2.24) is 5.01 Å². The summed E-state index contributed by atoms with van der Waals surface area (Å²) in [6.45, 7) is 0. The lowest BCUT2D eigenvalue weighted by Gasteiger charge is -2.32. The van der Waals surface area contributed by atoms with Crippen LogP contribution in [0.1, 0.15) is 5.56 Å². The van der Waals surface area contributed by atoms with Crippen LogP contribution in [-0.4, -0.2) is 35.4 Å². The summed E-state index contributed by atoms with van der Waals surface area (Å²) in [6.07, 6.45) is -3.96. The third kappa shape index (κ3) is 2.68. The third-order valence-corrected chi connectivity index (χ3v) is 3.04. The van der Waals surface area contributed by atoms with Crippen molar-refractivity contribution in [2.24, 2.45) is 0 Å². The molecule has 0 saturated heterocycles. The van der Waals surface area contributed by atoms with Crippen LogP contribution in [-0.2, 0) is 4.79 Å². The molecule has 0 aliphatic carbocycles. The van der Waals surface area contributed by atoms with Crippen molar-refractivity contribution < 1.29 is 23.1 Å². The van der Waals surface area contributed by atoms with Gasteiger partial charge in [-0.05, 0) is 24.3 Å². The van der Waals surface area contributed by atoms with Crippen LogP contribution >= 0.6 is 0 Å². The van der Waals surface area contributed by atoms with Crippen molar-refractivity contribution in [2.45, 2.75) is 12.2 Å². The van der Waals surface area contributed by atoms with E-state index in [-0.39, 0.29) is 11.3 Å². The van der Waals surface area contributed by atoms with Crippen LogP contribution in [0, 0.1) is 11.3 Å². The topological polar surface area (TPSA) is 67.6 Å². The number of likely N-dealkylation sites (N-methyl/N-ethyl adjacent to an activating group) is 1. The Hall–Kier alpha value is -2.53. The van der Waals surface area contributed by atoms with Crippen molar-refractivity contribution in [3.63, 3.8) is 0 Å². The number of hydrogen-bond acceptors (Lipinski definition) is 4. The maximum absolute atomic E-state index is 12.9. The lowest BCUT2D eigenvalue weighted by atomic mass is 10.2. The van der Waals surface area contributed by atoms with Gasteiger partial charge in [-0.3, -0.25) is 5.01 Å². The number of carboxylic acids is 1. The van der Waals surface area contributed by atoms with E-state index in [0.717, 1.165) is 17.1 Å². The van der Waals surface area contributed by atoms with Gasteiger partial charge in [0.15, 0.2) is 0 Å². The molecule has 0 saturated carbocycles. The Balaban J connectivity index is 2.49. The molecule has 0 bridgehead atoms. The van der Waals surface area contributed by atoms with E-state index in [1.165, 1.54) is 24.3 Å². The number of halogens is 3. The summed E-state index contributed by atoms with van der Waals surface area (Å²) in [6, 6.07) is 5.54. The SMILES string of the molecule is CN1C(C(F)(F)F)C=C(C(=O)O)N1c1cccc(C#N)c1. The van der Waals surface area contributed by atoms with Gasteiger partial charge in [0.25, 0.3) is 0 Å². The first-order valence-electron chi connectivity index (χ1n) is 5.80. The Bertz CT molecular complexity index is 649. The maximum atomic E-state index is 12.9. The highest BCUT2D eigenvalue weighted by Gasteiger charge is 2.48. The molecule has 1 atom stereocenters. The standard InChI is InChI=1S/C13H10F3N3O2/c1-18-11(13(14,15)16)6-10(12(20)21)19(18)9-4-2-3-8(5-9)7-17/h2-6,11H,1H3,(H,20,21). The van der Waals surface area contributed by atoms with E-state index in [1.54, 1.807) is 0 Å². The summed E-state index contributed by atoms with van der Waals surface area (Å²) in [5.74, 6) is -1.48. The molecule has 1 aliphatic rings. The largest absolute Gasteiger partial charge is 0.477 e. The lowest BCUT2D eigenvalue weighted by Crippen LogP contribution is -2.46. The second kappa shape index (κ2) is 5.10. The lowest BCUT2D eigenvalue weighted by molar-refractivity contribution is -0.164. The molecule has 1 aliphatic heterocycles. The summed E-state index contributed by atoms with van der Waals surface area (Å²) in [5.41, 5.74) is -0.104. The van der Waals surface area contributed by atoms with E-state index in [1.807, 2.05) is 6.07 Å². The number of hydrogen-bond donors (Lipinski definition) is 1. The molecule has 0 amide bonds. The molecule has 0 spiro atoms. The van der Waals surface area contributed by atoms with E-state index in [4.69, 9.17) is 10.4 Å². The molecule has 1 N–H and O–H groups in total. The van der Waals surface area contributed by atoms with Gasteiger partial charge in [0.2, 0.25) is 0 Å². The van der Waals surface area contributed by atoms with Gasteiger partial charge >= 0.3 is 12.1 Å². The van der Waals surface area contributed by atoms with Crippen molar-refractivity contribution >= 4 is 11.7 Å². The van der Waals surface area contributed by atoms with Gasteiger partial charge in [-0.1, -0.05) is 6.07 Å². The summed E-state index contributed by atoms with van der Waals surface area (Å²) in [4.78, 5) is 11.2. The van der Waals surface area contributed by atoms with Gasteiger partial charge in [0.05, 0.1) is 17.3 Å².